The van der Waals surface area contributed by atoms with E-state index in [4.69, 9.17) is 0 Å². The van der Waals surface area contributed by atoms with Gasteiger partial charge in [-0.15, -0.1) is 6.58 Å². The molecule has 0 saturated heterocycles. The molecule has 1 unspecified atom stereocenters. The molecule has 1 saturated carbocycles. The number of aliphatic hydroxyl groups is 1. The van der Waals surface area contributed by atoms with E-state index in [2.05, 4.69) is 55.2 Å². The fourth-order valence-corrected chi connectivity index (χ4v) is 2.96. The van der Waals surface area contributed by atoms with Crippen LogP contribution in [0.15, 0.2) is 66.1 Å². The minimum absolute atomic E-state index is 0.0498. The van der Waals surface area contributed by atoms with Gasteiger partial charge in [-0.25, -0.2) is 0 Å². The first-order valence-corrected chi connectivity index (χ1v) is 9.25. The van der Waals surface area contributed by atoms with Gasteiger partial charge in [0.05, 0.1) is 6.04 Å². The number of hydrogen-bond acceptors (Lipinski definition) is 2. The van der Waals surface area contributed by atoms with E-state index in [1.807, 2.05) is 6.08 Å². The zero-order chi connectivity index (χ0) is 17.2. The van der Waals surface area contributed by atoms with E-state index in [1.54, 1.807) is 0 Å². The van der Waals surface area contributed by atoms with Crippen LogP contribution >= 0.6 is 0 Å². The zero-order valence-corrected chi connectivity index (χ0v) is 14.9. The molecule has 0 heterocycles. The molecule has 1 aromatic rings. The lowest BCUT2D eigenvalue weighted by atomic mass is 10.0. The number of rotatable bonds is 11. The first kappa shape index (κ1) is 18.4. The molecule has 2 rings (SSSR count). The number of hydrogen-bond donors (Lipinski definition) is 2. The molecule has 1 aromatic carbocycles. The molecule has 1 fully saturated rings. The third-order valence-electron chi connectivity index (χ3n) is 4.42. The van der Waals surface area contributed by atoms with Crippen molar-refractivity contribution >= 4 is 0 Å². The highest BCUT2D eigenvalue weighted by Crippen LogP contribution is 2.33. The van der Waals surface area contributed by atoms with Gasteiger partial charge in [0.2, 0.25) is 0 Å². The number of aryl methyl sites for hydroxylation is 1. The van der Waals surface area contributed by atoms with Crippen LogP contribution in [0.4, 0.5) is 0 Å². The lowest BCUT2D eigenvalue weighted by molar-refractivity contribution is 0.332. The Balaban J connectivity index is 1.95. The van der Waals surface area contributed by atoms with Gasteiger partial charge < -0.3 is 10.4 Å². The van der Waals surface area contributed by atoms with E-state index in [1.165, 1.54) is 16.8 Å². The highest BCUT2D eigenvalue weighted by molar-refractivity contribution is 5.25. The molecule has 0 radical (unpaired) electrons. The van der Waals surface area contributed by atoms with Crippen molar-refractivity contribution in [1.82, 2.24) is 5.32 Å². The van der Waals surface area contributed by atoms with Crippen molar-refractivity contribution in [2.45, 2.75) is 64.3 Å². The summed E-state index contributed by atoms with van der Waals surface area (Å²) >= 11 is 0. The fraction of sp³-hybridized carbons (Fsp3) is 0.455. The molecule has 0 bridgehead atoms. The zero-order valence-electron chi connectivity index (χ0n) is 14.9. The van der Waals surface area contributed by atoms with Crippen LogP contribution < -0.4 is 5.32 Å². The molecule has 130 valence electrons. The van der Waals surface area contributed by atoms with Crippen LogP contribution in [0.2, 0.25) is 0 Å². The van der Waals surface area contributed by atoms with Gasteiger partial charge in [0, 0.05) is 5.70 Å². The van der Waals surface area contributed by atoms with Gasteiger partial charge in [-0.05, 0) is 62.5 Å². The highest BCUT2D eigenvalue weighted by Gasteiger charge is 2.24. The van der Waals surface area contributed by atoms with Gasteiger partial charge in [-0.3, -0.25) is 0 Å². The van der Waals surface area contributed by atoms with Gasteiger partial charge in [0.1, 0.15) is 5.76 Å². The largest absolute Gasteiger partial charge is 0.510 e. The predicted molar refractivity (Wildman–Crippen MR) is 103 cm³/mol. The summed E-state index contributed by atoms with van der Waals surface area (Å²) in [6, 6.07) is 10.6. The average molecular weight is 325 g/mol. The topological polar surface area (TPSA) is 32.3 Å². The maximum Gasteiger partial charge on any atom is 0.114 e. The molecule has 1 atom stereocenters. The molecule has 2 heteroatoms. The Bertz CT molecular complexity index is 565. The maximum atomic E-state index is 10.6. The average Bonchev–Trinajstić information content (AvgIpc) is 3.44. The normalized spacial score (nSPS) is 15.0. The second kappa shape index (κ2) is 10.0. The minimum Gasteiger partial charge on any atom is -0.510 e. The molecule has 24 heavy (non-hydrogen) atoms. The van der Waals surface area contributed by atoms with Crippen molar-refractivity contribution in [3.63, 3.8) is 0 Å². The van der Waals surface area contributed by atoms with Crippen LogP contribution in [-0.4, -0.2) is 11.1 Å². The lowest BCUT2D eigenvalue weighted by Crippen LogP contribution is -2.31. The van der Waals surface area contributed by atoms with E-state index in [9.17, 15) is 5.11 Å². The molecular formula is C22H31NO. The minimum atomic E-state index is 0.0498. The van der Waals surface area contributed by atoms with Crippen LogP contribution in [-0.2, 0) is 6.42 Å². The molecule has 0 aliphatic heterocycles. The summed E-state index contributed by atoms with van der Waals surface area (Å²) in [5, 5.41) is 14.2. The van der Waals surface area contributed by atoms with Crippen molar-refractivity contribution in [3.05, 3.63) is 71.7 Å². The van der Waals surface area contributed by atoms with E-state index >= 15 is 0 Å². The Kier molecular flexibility index (Phi) is 7.67. The Labute approximate surface area is 147 Å². The number of allylic oxidation sites excluding steroid dienone is 4. The monoisotopic (exact) mass is 325 g/mol. The summed E-state index contributed by atoms with van der Waals surface area (Å²) in [6.45, 7) is 5.97. The lowest BCUT2D eigenvalue weighted by Gasteiger charge is -2.22. The quantitative estimate of drug-likeness (QED) is 0.396. The third-order valence-corrected chi connectivity index (χ3v) is 4.42. The molecular weight excluding hydrogens is 294 g/mol. The Morgan fingerprint density at radius 1 is 1.29 bits per heavy atom. The molecule has 2 N–H and O–H groups in total. The summed E-state index contributed by atoms with van der Waals surface area (Å²) in [7, 11) is 0. The smallest absolute Gasteiger partial charge is 0.114 e. The van der Waals surface area contributed by atoms with Gasteiger partial charge >= 0.3 is 0 Å². The van der Waals surface area contributed by atoms with Crippen molar-refractivity contribution < 1.29 is 5.11 Å². The number of aliphatic hydroxyl groups excluding tert-OH is 1. The highest BCUT2D eigenvalue weighted by atomic mass is 16.3. The predicted octanol–water partition coefficient (Wildman–Crippen LogP) is 5.83. The SMILES string of the molecule is C=CCC/C(=C\CC)NC(CCCc1ccccc1)C(O)=C1CC1. The van der Waals surface area contributed by atoms with Crippen LogP contribution in [0.1, 0.15) is 57.4 Å². The first-order chi connectivity index (χ1) is 11.7. The van der Waals surface area contributed by atoms with Crippen molar-refractivity contribution in [2.75, 3.05) is 0 Å². The summed E-state index contributed by atoms with van der Waals surface area (Å²) in [4.78, 5) is 0. The van der Waals surface area contributed by atoms with Crippen molar-refractivity contribution in [1.29, 1.82) is 0 Å². The maximum absolute atomic E-state index is 10.6. The van der Waals surface area contributed by atoms with Crippen LogP contribution in [0, 0.1) is 0 Å². The summed E-state index contributed by atoms with van der Waals surface area (Å²) in [6.07, 6.45) is 12.3. The molecule has 0 aromatic heterocycles. The Hall–Kier alpha value is -1.96. The van der Waals surface area contributed by atoms with E-state index in [0.29, 0.717) is 5.76 Å². The molecule has 1 aliphatic carbocycles. The molecule has 2 nitrogen and oxygen atoms in total. The first-order valence-electron chi connectivity index (χ1n) is 9.25. The Morgan fingerprint density at radius 3 is 2.67 bits per heavy atom. The van der Waals surface area contributed by atoms with Gasteiger partial charge in [0.25, 0.3) is 0 Å². The van der Waals surface area contributed by atoms with E-state index < -0.39 is 0 Å². The van der Waals surface area contributed by atoms with E-state index in [0.717, 1.165) is 51.4 Å². The van der Waals surface area contributed by atoms with E-state index in [-0.39, 0.29) is 6.04 Å². The van der Waals surface area contributed by atoms with Crippen LogP contribution in [0.25, 0.3) is 0 Å². The summed E-state index contributed by atoms with van der Waals surface area (Å²) in [5.74, 6) is 0.587. The fourth-order valence-electron chi connectivity index (χ4n) is 2.96. The summed E-state index contributed by atoms with van der Waals surface area (Å²) < 4.78 is 0. The van der Waals surface area contributed by atoms with Crippen molar-refractivity contribution in [3.8, 4) is 0 Å². The second-order valence-corrected chi connectivity index (χ2v) is 6.53. The molecule has 1 aliphatic rings. The van der Waals surface area contributed by atoms with Gasteiger partial charge in [-0.1, -0.05) is 49.4 Å². The van der Waals surface area contributed by atoms with Crippen LogP contribution in [0.5, 0.6) is 0 Å². The third kappa shape index (κ3) is 6.27. The summed E-state index contributed by atoms with van der Waals surface area (Å²) in [5.41, 5.74) is 3.83. The standard InChI is InChI=1S/C22H31NO/c1-3-5-14-20(10-4-2)23-21(22(24)19-16-17-19)15-9-13-18-11-7-6-8-12-18/h3,6-8,10-12,21,23-24H,1,4-5,9,13-17H2,2H3/b20-10+. The molecule has 0 spiro atoms. The van der Waals surface area contributed by atoms with Gasteiger partial charge in [-0.2, -0.15) is 0 Å². The second-order valence-electron chi connectivity index (χ2n) is 6.53. The number of nitrogens with one attached hydrogen (secondary N) is 1. The van der Waals surface area contributed by atoms with Crippen LogP contribution in [0.3, 0.4) is 0 Å². The Morgan fingerprint density at radius 2 is 2.04 bits per heavy atom. The number of benzene rings is 1. The molecule has 0 amide bonds. The van der Waals surface area contributed by atoms with Crippen molar-refractivity contribution in [2.24, 2.45) is 0 Å². The van der Waals surface area contributed by atoms with Gasteiger partial charge in [0.15, 0.2) is 0 Å².